The number of hydrogen-bond acceptors (Lipinski definition) is 0. The van der Waals surface area contributed by atoms with E-state index in [1.807, 2.05) is 0 Å². The smallest absolute Gasteiger partial charge is 0.112 e. The SMILES string of the molecule is CCCCC/C=C\C/C=C\C/C=C\CC[P+](c1ccccc1)(c1ccccc1)c1ccccc1.[Br-]. The summed E-state index contributed by atoms with van der Waals surface area (Å²) in [6, 6.07) is 33.5. The van der Waals surface area contributed by atoms with E-state index in [-0.39, 0.29) is 17.0 Å². The van der Waals surface area contributed by atoms with Crippen LogP contribution >= 0.6 is 7.26 Å². The van der Waals surface area contributed by atoms with Gasteiger partial charge in [0.25, 0.3) is 0 Å². The molecule has 0 spiro atoms. The maximum atomic E-state index is 2.38. The number of allylic oxidation sites excluding steroid dienone is 6. The lowest BCUT2D eigenvalue weighted by Gasteiger charge is -2.27. The Balaban J connectivity index is 0.00000432. The first-order valence-electron chi connectivity index (χ1n) is 12.9. The molecule has 0 amide bonds. The minimum Gasteiger partial charge on any atom is -1.00 e. The number of rotatable bonds is 14. The molecule has 0 saturated heterocycles. The molecule has 0 nitrogen and oxygen atoms in total. The Morgan fingerprint density at radius 3 is 1.34 bits per heavy atom. The van der Waals surface area contributed by atoms with Gasteiger partial charge in [0, 0.05) is 6.42 Å². The van der Waals surface area contributed by atoms with Gasteiger partial charge in [-0.2, -0.15) is 0 Å². The first kappa shape index (κ1) is 29.0. The Kier molecular flexibility index (Phi) is 14.3. The van der Waals surface area contributed by atoms with Crippen LogP contribution < -0.4 is 32.9 Å². The molecule has 0 saturated carbocycles. The molecule has 0 fully saturated rings. The van der Waals surface area contributed by atoms with Crippen LogP contribution in [0.5, 0.6) is 0 Å². The van der Waals surface area contributed by atoms with Gasteiger partial charge in [-0.05, 0) is 62.1 Å². The number of hydrogen-bond donors (Lipinski definition) is 0. The molecule has 2 heteroatoms. The maximum Gasteiger partial charge on any atom is 0.112 e. The third-order valence-corrected chi connectivity index (χ3v) is 10.7. The summed E-state index contributed by atoms with van der Waals surface area (Å²) >= 11 is 0. The van der Waals surface area contributed by atoms with Crippen molar-refractivity contribution in [2.45, 2.75) is 51.9 Å². The molecule has 0 aliphatic carbocycles. The molecule has 3 aromatic rings. The molecular formula is C33H40BrP. The predicted octanol–water partition coefficient (Wildman–Crippen LogP) is 5.40. The van der Waals surface area contributed by atoms with Crippen molar-refractivity contribution in [3.8, 4) is 0 Å². The van der Waals surface area contributed by atoms with Gasteiger partial charge in [-0.1, -0.05) is 111 Å². The minimum atomic E-state index is -1.71. The molecule has 35 heavy (non-hydrogen) atoms. The summed E-state index contributed by atoms with van der Waals surface area (Å²) in [4.78, 5) is 0. The highest BCUT2D eigenvalue weighted by molar-refractivity contribution is 7.95. The quantitative estimate of drug-likeness (QED) is 0.144. The minimum absolute atomic E-state index is 0. The van der Waals surface area contributed by atoms with E-state index < -0.39 is 7.26 Å². The van der Waals surface area contributed by atoms with E-state index >= 15 is 0 Å². The van der Waals surface area contributed by atoms with Crippen LogP contribution in [0.3, 0.4) is 0 Å². The van der Waals surface area contributed by atoms with E-state index in [1.165, 1.54) is 41.6 Å². The van der Waals surface area contributed by atoms with Crippen molar-refractivity contribution < 1.29 is 17.0 Å². The fourth-order valence-corrected chi connectivity index (χ4v) is 8.69. The summed E-state index contributed by atoms with van der Waals surface area (Å²) in [5.74, 6) is 0. The zero-order valence-corrected chi connectivity index (χ0v) is 23.6. The molecule has 0 heterocycles. The zero-order valence-electron chi connectivity index (χ0n) is 21.1. The van der Waals surface area contributed by atoms with Gasteiger partial charge < -0.3 is 17.0 Å². The Hall–Kier alpha value is -2.21. The lowest BCUT2D eigenvalue weighted by atomic mass is 10.2. The molecule has 0 N–H and O–H groups in total. The van der Waals surface area contributed by atoms with Crippen molar-refractivity contribution in [1.29, 1.82) is 0 Å². The van der Waals surface area contributed by atoms with Gasteiger partial charge >= 0.3 is 0 Å². The fraction of sp³-hybridized carbons (Fsp3) is 0.273. The molecule has 184 valence electrons. The molecule has 0 aliphatic heterocycles. The van der Waals surface area contributed by atoms with E-state index in [4.69, 9.17) is 0 Å². The summed E-state index contributed by atoms with van der Waals surface area (Å²) < 4.78 is 0. The Morgan fingerprint density at radius 1 is 0.514 bits per heavy atom. The van der Waals surface area contributed by atoms with E-state index in [0.29, 0.717) is 0 Å². The normalized spacial score (nSPS) is 11.9. The van der Waals surface area contributed by atoms with Gasteiger partial charge in [0.2, 0.25) is 0 Å². The van der Waals surface area contributed by atoms with Crippen LogP contribution in [0.15, 0.2) is 127 Å². The van der Waals surface area contributed by atoms with Gasteiger partial charge in [-0.15, -0.1) is 0 Å². The molecule has 0 atom stereocenters. The maximum absolute atomic E-state index is 2.38. The molecule has 0 bridgehead atoms. The van der Waals surface area contributed by atoms with Crippen LogP contribution in [0.1, 0.15) is 51.9 Å². The Labute approximate surface area is 225 Å². The molecule has 3 rings (SSSR count). The van der Waals surface area contributed by atoms with Crippen molar-refractivity contribution in [3.05, 3.63) is 127 Å². The van der Waals surface area contributed by atoms with Gasteiger partial charge in [0.15, 0.2) is 0 Å². The highest BCUT2D eigenvalue weighted by Crippen LogP contribution is 2.55. The van der Waals surface area contributed by atoms with E-state index in [0.717, 1.165) is 25.4 Å². The van der Waals surface area contributed by atoms with Crippen LogP contribution in [0.25, 0.3) is 0 Å². The largest absolute Gasteiger partial charge is 1.00 e. The first-order chi connectivity index (χ1) is 16.9. The second kappa shape index (κ2) is 17.3. The lowest BCUT2D eigenvalue weighted by molar-refractivity contribution is -0.00000679. The molecule has 3 aromatic carbocycles. The second-order valence-corrected chi connectivity index (χ2v) is 12.3. The van der Waals surface area contributed by atoms with Gasteiger partial charge in [-0.25, -0.2) is 0 Å². The fourth-order valence-electron chi connectivity index (χ4n) is 4.44. The predicted molar refractivity (Wildman–Crippen MR) is 155 cm³/mol. The third-order valence-electron chi connectivity index (χ3n) is 6.24. The van der Waals surface area contributed by atoms with Gasteiger partial charge in [0.05, 0.1) is 6.16 Å². The standard InChI is InChI=1S/C33H40P.BrH/c1-2-3-4-5-6-7-8-9-10-11-12-13-23-30-34(31-24-17-14-18-25-31,32-26-19-15-20-27-32)33-28-21-16-22-29-33;/h6-7,9-10,12-22,24-29H,2-5,8,11,23,30H2,1H3;1H/q+1;/p-1/b7-6-,10-9-,13-12-;. The topological polar surface area (TPSA) is 0 Å². The van der Waals surface area contributed by atoms with Crippen molar-refractivity contribution in [2.75, 3.05) is 6.16 Å². The number of halogens is 1. The molecule has 0 aromatic heterocycles. The van der Waals surface area contributed by atoms with Crippen LogP contribution in [-0.4, -0.2) is 6.16 Å². The van der Waals surface area contributed by atoms with Crippen molar-refractivity contribution in [1.82, 2.24) is 0 Å². The summed E-state index contributed by atoms with van der Waals surface area (Å²) in [6.07, 6.45) is 23.4. The molecule has 0 aliphatic rings. The van der Waals surface area contributed by atoms with E-state index in [9.17, 15) is 0 Å². The van der Waals surface area contributed by atoms with Crippen LogP contribution in [0.2, 0.25) is 0 Å². The zero-order chi connectivity index (χ0) is 23.7. The number of unbranched alkanes of at least 4 members (excludes halogenated alkanes) is 3. The van der Waals surface area contributed by atoms with Crippen molar-refractivity contribution in [3.63, 3.8) is 0 Å². The monoisotopic (exact) mass is 546 g/mol. The molecule has 0 radical (unpaired) electrons. The van der Waals surface area contributed by atoms with Crippen LogP contribution in [0.4, 0.5) is 0 Å². The van der Waals surface area contributed by atoms with Gasteiger partial charge in [-0.3, -0.25) is 0 Å². The first-order valence-corrected chi connectivity index (χ1v) is 14.8. The van der Waals surface area contributed by atoms with Crippen molar-refractivity contribution >= 4 is 23.2 Å². The average molecular weight is 548 g/mol. The Morgan fingerprint density at radius 2 is 0.914 bits per heavy atom. The molecular weight excluding hydrogens is 507 g/mol. The summed E-state index contributed by atoms with van der Waals surface area (Å²) in [7, 11) is -1.71. The second-order valence-electron chi connectivity index (χ2n) is 8.71. The average Bonchev–Trinajstić information content (AvgIpc) is 2.91. The lowest BCUT2D eigenvalue weighted by Crippen LogP contribution is -3.00. The molecule has 0 unspecified atom stereocenters. The highest BCUT2D eigenvalue weighted by Gasteiger charge is 2.44. The highest BCUT2D eigenvalue weighted by atomic mass is 79.9. The third kappa shape index (κ3) is 9.06. The van der Waals surface area contributed by atoms with Gasteiger partial charge in [0.1, 0.15) is 23.2 Å². The summed E-state index contributed by atoms with van der Waals surface area (Å²) in [6.45, 7) is 2.26. The Bertz CT molecular complexity index is 910. The van der Waals surface area contributed by atoms with E-state index in [2.05, 4.69) is 134 Å². The summed E-state index contributed by atoms with van der Waals surface area (Å²) in [5.41, 5.74) is 0. The van der Waals surface area contributed by atoms with Crippen LogP contribution in [-0.2, 0) is 0 Å². The summed E-state index contributed by atoms with van der Waals surface area (Å²) in [5, 5.41) is 4.39. The van der Waals surface area contributed by atoms with Crippen LogP contribution in [0, 0.1) is 0 Å². The van der Waals surface area contributed by atoms with E-state index in [1.54, 1.807) is 0 Å². The van der Waals surface area contributed by atoms with Crippen molar-refractivity contribution in [2.24, 2.45) is 0 Å². The number of benzene rings is 3.